The molecule has 0 atom stereocenters. The van der Waals surface area contributed by atoms with E-state index < -0.39 is 0 Å². The number of aryl methyl sites for hydroxylation is 1. The van der Waals surface area contributed by atoms with Gasteiger partial charge in [-0.3, -0.25) is 0 Å². The summed E-state index contributed by atoms with van der Waals surface area (Å²) < 4.78 is 13.6. The minimum absolute atomic E-state index is 0.697. The molecule has 29 heavy (non-hydrogen) atoms. The standard InChI is InChI=1S/C21H23BrN4O2S/c1-4-5-20-24-25-21(29-14-15-6-9-17(22)10-7-15)26(20)23-13-16-8-11-18(27-2)12-19(16)28-3/h6-13H,4-5,14H2,1-3H3/b23-13-. The summed E-state index contributed by atoms with van der Waals surface area (Å²) >= 11 is 5.08. The summed E-state index contributed by atoms with van der Waals surface area (Å²) in [5.74, 6) is 3.07. The third kappa shape index (κ3) is 5.61. The molecule has 0 aliphatic rings. The van der Waals surface area contributed by atoms with Crippen LogP contribution in [0.5, 0.6) is 11.5 Å². The van der Waals surface area contributed by atoms with Crippen LogP contribution in [0.15, 0.2) is 57.2 Å². The Morgan fingerprint density at radius 1 is 1.10 bits per heavy atom. The number of benzene rings is 2. The molecule has 0 saturated heterocycles. The van der Waals surface area contributed by atoms with Gasteiger partial charge >= 0.3 is 0 Å². The summed E-state index contributed by atoms with van der Waals surface area (Å²) in [6.07, 6.45) is 3.55. The molecule has 0 amide bonds. The minimum atomic E-state index is 0.697. The summed E-state index contributed by atoms with van der Waals surface area (Å²) in [4.78, 5) is 0. The maximum atomic E-state index is 5.46. The molecule has 152 valence electrons. The zero-order valence-corrected chi connectivity index (χ0v) is 19.0. The summed E-state index contributed by atoms with van der Waals surface area (Å²) in [6.45, 7) is 2.11. The first kappa shape index (κ1) is 21.4. The fraction of sp³-hybridized carbons (Fsp3) is 0.286. The van der Waals surface area contributed by atoms with Crippen molar-refractivity contribution in [3.05, 3.63) is 63.9 Å². The van der Waals surface area contributed by atoms with Gasteiger partial charge < -0.3 is 9.47 Å². The number of hydrogen-bond acceptors (Lipinski definition) is 6. The molecule has 2 aromatic carbocycles. The lowest BCUT2D eigenvalue weighted by molar-refractivity contribution is 0.394. The van der Waals surface area contributed by atoms with Crippen molar-refractivity contribution in [3.63, 3.8) is 0 Å². The van der Waals surface area contributed by atoms with Crippen molar-refractivity contribution in [3.8, 4) is 11.5 Å². The Morgan fingerprint density at radius 3 is 2.59 bits per heavy atom. The van der Waals surface area contributed by atoms with Gasteiger partial charge in [-0.1, -0.05) is 46.7 Å². The van der Waals surface area contributed by atoms with Crippen molar-refractivity contribution >= 4 is 33.9 Å². The highest BCUT2D eigenvalue weighted by molar-refractivity contribution is 9.10. The van der Waals surface area contributed by atoms with Gasteiger partial charge in [0.25, 0.3) is 0 Å². The van der Waals surface area contributed by atoms with Crippen molar-refractivity contribution < 1.29 is 9.47 Å². The van der Waals surface area contributed by atoms with E-state index in [1.165, 1.54) is 5.56 Å². The van der Waals surface area contributed by atoms with E-state index in [1.54, 1.807) is 32.2 Å². The molecule has 0 unspecified atom stereocenters. The SMILES string of the molecule is CCCc1nnc(SCc2ccc(Br)cc2)n1/N=C\c1ccc(OC)cc1OC. The number of aromatic nitrogens is 3. The quantitative estimate of drug-likeness (QED) is 0.315. The van der Waals surface area contributed by atoms with E-state index in [0.717, 1.165) is 45.4 Å². The molecule has 8 heteroatoms. The molecular weight excluding hydrogens is 452 g/mol. The maximum Gasteiger partial charge on any atom is 0.212 e. The van der Waals surface area contributed by atoms with Gasteiger partial charge in [0.1, 0.15) is 11.5 Å². The number of halogens is 1. The molecule has 0 N–H and O–H groups in total. The van der Waals surface area contributed by atoms with Crippen molar-refractivity contribution in [2.24, 2.45) is 5.10 Å². The van der Waals surface area contributed by atoms with Crippen molar-refractivity contribution in [1.82, 2.24) is 14.9 Å². The number of hydrogen-bond donors (Lipinski definition) is 0. The van der Waals surface area contributed by atoms with Crippen LogP contribution in [0, 0.1) is 0 Å². The van der Waals surface area contributed by atoms with Crippen LogP contribution >= 0.6 is 27.7 Å². The van der Waals surface area contributed by atoms with E-state index in [2.05, 4.69) is 50.3 Å². The summed E-state index contributed by atoms with van der Waals surface area (Å²) in [5.41, 5.74) is 2.07. The van der Waals surface area contributed by atoms with Gasteiger partial charge in [-0.2, -0.15) is 9.78 Å². The molecule has 1 aromatic heterocycles. The van der Waals surface area contributed by atoms with Crippen LogP contribution in [0.4, 0.5) is 0 Å². The van der Waals surface area contributed by atoms with Gasteiger partial charge in [-0.25, -0.2) is 0 Å². The second-order valence-electron chi connectivity index (χ2n) is 6.23. The van der Waals surface area contributed by atoms with Gasteiger partial charge in [0.05, 0.1) is 20.4 Å². The number of nitrogens with zero attached hydrogens (tertiary/aromatic N) is 4. The molecule has 0 radical (unpaired) electrons. The van der Waals surface area contributed by atoms with Crippen LogP contribution in [0.25, 0.3) is 0 Å². The Balaban J connectivity index is 1.84. The zero-order chi connectivity index (χ0) is 20.6. The topological polar surface area (TPSA) is 61.5 Å². The highest BCUT2D eigenvalue weighted by Crippen LogP contribution is 2.25. The molecule has 0 aliphatic heterocycles. The zero-order valence-electron chi connectivity index (χ0n) is 16.6. The third-order valence-electron chi connectivity index (χ3n) is 4.18. The molecule has 3 aromatic rings. The second-order valence-corrected chi connectivity index (χ2v) is 8.09. The Bertz CT molecular complexity index is 973. The van der Waals surface area contributed by atoms with Crippen LogP contribution in [-0.2, 0) is 12.2 Å². The largest absolute Gasteiger partial charge is 0.497 e. The third-order valence-corrected chi connectivity index (χ3v) is 5.70. The highest BCUT2D eigenvalue weighted by atomic mass is 79.9. The second kappa shape index (κ2) is 10.5. The number of ether oxygens (including phenoxy) is 2. The van der Waals surface area contributed by atoms with E-state index in [0.29, 0.717) is 5.75 Å². The number of methoxy groups -OCH3 is 2. The normalized spacial score (nSPS) is 11.2. The van der Waals surface area contributed by atoms with Gasteiger partial charge in [0.15, 0.2) is 5.82 Å². The average Bonchev–Trinajstić information content (AvgIpc) is 3.13. The van der Waals surface area contributed by atoms with E-state index in [1.807, 2.05) is 35.0 Å². The van der Waals surface area contributed by atoms with E-state index in [-0.39, 0.29) is 0 Å². The molecule has 0 fully saturated rings. The van der Waals surface area contributed by atoms with Crippen LogP contribution in [0.1, 0.15) is 30.3 Å². The van der Waals surface area contributed by atoms with Gasteiger partial charge in [-0.15, -0.1) is 10.2 Å². The van der Waals surface area contributed by atoms with E-state index >= 15 is 0 Å². The minimum Gasteiger partial charge on any atom is -0.497 e. The summed E-state index contributed by atoms with van der Waals surface area (Å²) in [7, 11) is 3.26. The monoisotopic (exact) mass is 474 g/mol. The maximum absolute atomic E-state index is 5.46. The van der Waals surface area contributed by atoms with E-state index in [9.17, 15) is 0 Å². The first-order valence-electron chi connectivity index (χ1n) is 9.22. The van der Waals surface area contributed by atoms with Gasteiger partial charge in [-0.05, 0) is 36.2 Å². The summed E-state index contributed by atoms with van der Waals surface area (Å²) in [6, 6.07) is 13.9. The molecule has 1 heterocycles. The Labute approximate surface area is 183 Å². The van der Waals surface area contributed by atoms with Crippen LogP contribution < -0.4 is 9.47 Å². The molecule has 0 aliphatic carbocycles. The van der Waals surface area contributed by atoms with E-state index in [4.69, 9.17) is 9.47 Å². The molecule has 3 rings (SSSR count). The van der Waals surface area contributed by atoms with Gasteiger partial charge in [0, 0.05) is 28.3 Å². The molecule has 0 saturated carbocycles. The fourth-order valence-electron chi connectivity index (χ4n) is 2.65. The lowest BCUT2D eigenvalue weighted by Crippen LogP contribution is -2.01. The Kier molecular flexibility index (Phi) is 7.71. The molecular formula is C21H23BrN4O2S. The van der Waals surface area contributed by atoms with Crippen molar-refractivity contribution in [2.75, 3.05) is 14.2 Å². The smallest absolute Gasteiger partial charge is 0.212 e. The van der Waals surface area contributed by atoms with Crippen molar-refractivity contribution in [2.45, 2.75) is 30.7 Å². The Hall–Kier alpha value is -2.32. The first-order chi connectivity index (χ1) is 14.1. The van der Waals surface area contributed by atoms with Crippen LogP contribution in [-0.4, -0.2) is 35.3 Å². The predicted molar refractivity (Wildman–Crippen MR) is 120 cm³/mol. The molecule has 0 spiro atoms. The fourth-order valence-corrected chi connectivity index (χ4v) is 3.78. The number of thioether (sulfide) groups is 1. The summed E-state index contributed by atoms with van der Waals surface area (Å²) in [5, 5.41) is 14.1. The van der Waals surface area contributed by atoms with Crippen molar-refractivity contribution in [1.29, 1.82) is 0 Å². The molecule has 0 bridgehead atoms. The van der Waals surface area contributed by atoms with Gasteiger partial charge in [0.2, 0.25) is 5.16 Å². The average molecular weight is 475 g/mol. The molecule has 6 nitrogen and oxygen atoms in total. The van der Waals surface area contributed by atoms with Crippen LogP contribution in [0.3, 0.4) is 0 Å². The Morgan fingerprint density at radius 2 is 1.90 bits per heavy atom. The van der Waals surface area contributed by atoms with Crippen LogP contribution in [0.2, 0.25) is 0 Å². The lowest BCUT2D eigenvalue weighted by atomic mass is 10.2. The lowest BCUT2D eigenvalue weighted by Gasteiger charge is -2.08. The highest BCUT2D eigenvalue weighted by Gasteiger charge is 2.12. The number of rotatable bonds is 9. The predicted octanol–water partition coefficient (Wildman–Crippen LogP) is 5.18. The first-order valence-corrected chi connectivity index (χ1v) is 11.0.